The van der Waals surface area contributed by atoms with Crippen LogP contribution in [0.3, 0.4) is 0 Å². The Morgan fingerprint density at radius 2 is 1.32 bits per heavy atom. The minimum atomic E-state index is -1.20. The molecule has 1 saturated heterocycles. The van der Waals surface area contributed by atoms with Gasteiger partial charge in [-0.2, -0.15) is 0 Å². The summed E-state index contributed by atoms with van der Waals surface area (Å²) in [7, 11) is 2.67. The van der Waals surface area contributed by atoms with Gasteiger partial charge in [-0.15, -0.1) is 0 Å². The Bertz CT molecular complexity index is 1830. The molecule has 4 bridgehead atoms. The number of hydrogen-bond acceptors (Lipinski definition) is 14. The summed E-state index contributed by atoms with van der Waals surface area (Å²) < 4.78 is 33.2. The van der Waals surface area contributed by atoms with Crippen LogP contribution in [0.2, 0.25) is 0 Å². The number of benzene rings is 2. The second-order valence-electron chi connectivity index (χ2n) is 13.8. The summed E-state index contributed by atoms with van der Waals surface area (Å²) in [5.41, 5.74) is -0.822. The normalized spacial score (nSPS) is 20.7. The van der Waals surface area contributed by atoms with Gasteiger partial charge >= 0.3 is 12.1 Å². The molecule has 19 heteroatoms. The van der Waals surface area contributed by atoms with E-state index in [1.807, 2.05) is 13.8 Å². The van der Waals surface area contributed by atoms with Crippen molar-refractivity contribution in [1.29, 1.82) is 0 Å². The first-order valence-electron chi connectivity index (χ1n) is 18.0. The zero-order chi connectivity index (χ0) is 41.1. The summed E-state index contributed by atoms with van der Waals surface area (Å²) >= 11 is 0. The number of ether oxygens (including phenoxy) is 6. The molecule has 304 valence electrons. The van der Waals surface area contributed by atoms with E-state index >= 15 is 0 Å². The summed E-state index contributed by atoms with van der Waals surface area (Å²) in [6.45, 7) is 5.95. The Morgan fingerprint density at radius 3 is 1.80 bits per heavy atom. The van der Waals surface area contributed by atoms with Crippen LogP contribution < -0.4 is 29.6 Å². The largest absolute Gasteiger partial charge is 0.493 e. The number of nitro benzene ring substituents is 2. The number of nitro groups is 2. The molecule has 0 aliphatic carbocycles. The van der Waals surface area contributed by atoms with Crippen LogP contribution >= 0.6 is 0 Å². The van der Waals surface area contributed by atoms with Crippen molar-refractivity contribution in [3.05, 3.63) is 67.8 Å². The maximum Gasteiger partial charge on any atom is 0.410 e. The van der Waals surface area contributed by atoms with Crippen molar-refractivity contribution in [1.82, 2.24) is 15.5 Å². The molecule has 2 N–H and O–H groups in total. The topological polar surface area (TPSA) is 237 Å². The molecule has 0 saturated carbocycles. The van der Waals surface area contributed by atoms with Crippen LogP contribution in [0.15, 0.2) is 36.4 Å². The molecule has 56 heavy (non-hydrogen) atoms. The second kappa shape index (κ2) is 19.4. The molecule has 0 aromatic heterocycles. The number of esters is 1. The van der Waals surface area contributed by atoms with Crippen LogP contribution in [0.25, 0.3) is 0 Å². The zero-order valence-electron chi connectivity index (χ0n) is 32.1. The monoisotopic (exact) mass is 785 g/mol. The summed E-state index contributed by atoms with van der Waals surface area (Å²) in [4.78, 5) is 78.0. The standard InChI is InChI=1S/C37H47N5O14/c1-21(2)14-25-34(43)39-33(22(3)4)36(45)55-19-23-15-29(51-5)31(17-27(23)41(47)48)53-12-7-8-13-54-32-18-28(42(49)50)24(16-30(32)52-6)20-56-37(46)40-11-9-10-26(40)35(44)38-25/h7-8,15-18,21-22,25-26,33H,9-14,19-20H2,1-6H3,(H,38,44)(H,39,43)/b8-7-/t25-,26-,33+/m0/s1. The molecule has 2 aromatic rings. The fraction of sp³-hybridized carbons (Fsp3) is 0.514. The second-order valence-corrected chi connectivity index (χ2v) is 13.8. The number of carbonyl (C=O) groups is 4. The molecule has 3 atom stereocenters. The SMILES string of the molecule is COc1cc2c([N+](=O)[O-])cc1OC/C=C\COc1cc([N+](=O)[O-])c(cc1OC)COC(=O)N1CCC[C@H]1C(=O)N[C@@H](CC(C)C)C(=O)N[C@H](C(C)C)C(=O)OC2. The van der Waals surface area contributed by atoms with Gasteiger partial charge in [0, 0.05) is 6.54 Å². The quantitative estimate of drug-likeness (QED) is 0.172. The molecular weight excluding hydrogens is 738 g/mol. The maximum absolute atomic E-state index is 13.7. The molecule has 0 unspecified atom stereocenters. The van der Waals surface area contributed by atoms with Crippen molar-refractivity contribution in [2.45, 2.75) is 78.3 Å². The van der Waals surface area contributed by atoms with Gasteiger partial charge in [0.25, 0.3) is 11.4 Å². The Labute approximate surface area is 322 Å². The highest BCUT2D eigenvalue weighted by atomic mass is 16.6. The molecule has 3 amide bonds. The molecule has 2 aromatic carbocycles. The van der Waals surface area contributed by atoms with Gasteiger partial charge in [-0.25, -0.2) is 9.59 Å². The van der Waals surface area contributed by atoms with Gasteiger partial charge in [0.15, 0.2) is 23.0 Å². The van der Waals surface area contributed by atoms with Crippen LogP contribution in [0.4, 0.5) is 16.2 Å². The molecule has 0 spiro atoms. The average molecular weight is 786 g/mol. The lowest BCUT2D eigenvalue weighted by Gasteiger charge is -2.28. The lowest BCUT2D eigenvalue weighted by Crippen LogP contribution is -2.56. The summed E-state index contributed by atoms with van der Waals surface area (Å²) in [6.07, 6.45) is 3.08. The first-order chi connectivity index (χ1) is 26.6. The average Bonchev–Trinajstić information content (AvgIpc) is 3.65. The number of nitrogens with one attached hydrogen (secondary N) is 2. The molecule has 4 aliphatic rings. The van der Waals surface area contributed by atoms with E-state index in [1.54, 1.807) is 26.0 Å². The molecule has 19 nitrogen and oxygen atoms in total. The van der Waals surface area contributed by atoms with Crippen molar-refractivity contribution in [3.8, 4) is 23.0 Å². The van der Waals surface area contributed by atoms with Crippen LogP contribution in [0.1, 0.15) is 58.1 Å². The van der Waals surface area contributed by atoms with Gasteiger partial charge in [-0.3, -0.25) is 34.7 Å². The smallest absolute Gasteiger partial charge is 0.410 e. The first-order valence-corrected chi connectivity index (χ1v) is 18.0. The van der Waals surface area contributed by atoms with Crippen LogP contribution in [0, 0.1) is 32.1 Å². The molecular formula is C37H47N5O14. The third kappa shape index (κ3) is 10.8. The van der Waals surface area contributed by atoms with Crippen molar-refractivity contribution >= 4 is 35.3 Å². The van der Waals surface area contributed by atoms with Gasteiger partial charge in [0.05, 0.1) is 47.3 Å². The summed E-state index contributed by atoms with van der Waals surface area (Å²) in [5, 5.41) is 29.5. The van der Waals surface area contributed by atoms with E-state index in [1.165, 1.54) is 31.3 Å². The van der Waals surface area contributed by atoms with Gasteiger partial charge in [-0.05, 0) is 55.4 Å². The fourth-order valence-electron chi connectivity index (χ4n) is 6.15. The predicted molar refractivity (Wildman–Crippen MR) is 197 cm³/mol. The Kier molecular flexibility index (Phi) is 14.8. The highest BCUT2D eigenvalue weighted by Crippen LogP contribution is 2.37. The molecule has 6 rings (SSSR count). The third-order valence-corrected chi connectivity index (χ3v) is 9.03. The van der Waals surface area contributed by atoms with Crippen molar-refractivity contribution < 1.29 is 57.4 Å². The number of rotatable bonds is 7. The van der Waals surface area contributed by atoms with Crippen molar-refractivity contribution in [2.75, 3.05) is 34.0 Å². The molecule has 1 fully saturated rings. The summed E-state index contributed by atoms with van der Waals surface area (Å²) in [5.74, 6) is -2.47. The minimum Gasteiger partial charge on any atom is -0.493 e. The first kappa shape index (κ1) is 42.6. The van der Waals surface area contributed by atoms with E-state index in [0.29, 0.717) is 6.42 Å². The van der Waals surface area contributed by atoms with Gasteiger partial charge < -0.3 is 39.1 Å². The Balaban J connectivity index is 1.70. The lowest BCUT2D eigenvalue weighted by atomic mass is 10.00. The Morgan fingerprint density at radius 1 is 0.786 bits per heavy atom. The van der Waals surface area contributed by atoms with Crippen LogP contribution in [-0.2, 0) is 37.1 Å². The molecule has 4 aliphatic heterocycles. The number of methoxy groups -OCH3 is 2. The zero-order valence-corrected chi connectivity index (χ0v) is 32.1. The third-order valence-electron chi connectivity index (χ3n) is 9.03. The number of carbonyl (C=O) groups excluding carboxylic acids is 4. The maximum atomic E-state index is 13.7. The summed E-state index contributed by atoms with van der Waals surface area (Å²) in [6, 6.07) is 1.57. The predicted octanol–water partition coefficient (Wildman–Crippen LogP) is 4.36. The van der Waals surface area contributed by atoms with Crippen LogP contribution in [-0.4, -0.2) is 90.7 Å². The minimum absolute atomic E-state index is 0.00265. The van der Waals surface area contributed by atoms with E-state index < -0.39 is 82.4 Å². The van der Waals surface area contributed by atoms with E-state index in [-0.39, 0.29) is 72.6 Å². The van der Waals surface area contributed by atoms with Gasteiger partial charge in [-0.1, -0.05) is 27.7 Å². The van der Waals surface area contributed by atoms with Gasteiger partial charge in [0.1, 0.15) is 44.6 Å². The Hall–Kier alpha value is -6.14. The van der Waals surface area contributed by atoms with Crippen LogP contribution in [0.5, 0.6) is 23.0 Å². The lowest BCUT2D eigenvalue weighted by molar-refractivity contribution is -0.386. The van der Waals surface area contributed by atoms with Gasteiger partial charge in [0.2, 0.25) is 11.8 Å². The van der Waals surface area contributed by atoms with E-state index in [9.17, 15) is 39.4 Å². The molecule has 4 heterocycles. The van der Waals surface area contributed by atoms with E-state index in [4.69, 9.17) is 28.4 Å². The van der Waals surface area contributed by atoms with E-state index in [0.717, 1.165) is 12.1 Å². The fourth-order valence-corrected chi connectivity index (χ4v) is 6.15. The number of fused-ring (bicyclic) bond motifs is 2. The van der Waals surface area contributed by atoms with Crippen molar-refractivity contribution in [2.24, 2.45) is 11.8 Å². The molecule has 0 radical (unpaired) electrons. The van der Waals surface area contributed by atoms with Crippen molar-refractivity contribution in [3.63, 3.8) is 0 Å². The number of hydrogen-bond donors (Lipinski definition) is 2. The number of amides is 3. The highest BCUT2D eigenvalue weighted by molar-refractivity contribution is 5.93. The highest BCUT2D eigenvalue weighted by Gasteiger charge is 2.38. The van der Waals surface area contributed by atoms with E-state index in [2.05, 4.69) is 10.6 Å². The number of nitrogens with zero attached hydrogens (tertiary/aromatic N) is 3.